The summed E-state index contributed by atoms with van der Waals surface area (Å²) >= 11 is 0. The summed E-state index contributed by atoms with van der Waals surface area (Å²) in [6, 6.07) is 14.2. The molecular weight excluding hydrogens is 920 g/mol. The van der Waals surface area contributed by atoms with Crippen LogP contribution >= 0.6 is 10.7 Å². The molecule has 2 aliphatic heterocycles. The van der Waals surface area contributed by atoms with E-state index in [0.29, 0.717) is 28.9 Å². The molecule has 0 atom stereocenters. The topological polar surface area (TPSA) is 176 Å². The van der Waals surface area contributed by atoms with Crippen LogP contribution in [0.5, 0.6) is 11.5 Å². The lowest BCUT2D eigenvalue weighted by atomic mass is 9.93. The molecule has 0 bridgehead atoms. The van der Waals surface area contributed by atoms with Crippen LogP contribution in [0.1, 0.15) is 23.0 Å². The fraction of sp³-hybridized carbons (Fsp3) is 0.400. The Balaban J connectivity index is 0.000000191. The van der Waals surface area contributed by atoms with Crippen molar-refractivity contribution in [2.24, 2.45) is 14.1 Å². The van der Waals surface area contributed by atoms with Crippen LogP contribution in [0.15, 0.2) is 73.6 Å². The van der Waals surface area contributed by atoms with E-state index >= 15 is 0 Å². The van der Waals surface area contributed by atoms with Crippen molar-refractivity contribution in [1.82, 2.24) is 47.3 Å². The van der Waals surface area contributed by atoms with Crippen molar-refractivity contribution in [3.05, 3.63) is 84.7 Å². The quantitative estimate of drug-likeness (QED) is 0.112. The maximum atomic E-state index is 13.2. The standard InChI is InChI=1S/C20H24F2N6O3S.C18H19F2N5O.C2H6ClNO2S/c1-25(2)32(29,30)28-10-14(11-28)13-5-6-16(18(7-13)31-20(21)22)27(4)19-8-17-15(9-23-19)24-12-26(17)3;1-24-10-23-13-9-22-17(6-15(13)24)25(2)14-4-3-11(12-7-21-8-12)5-16(14)26-18(19)20;1-4(2)7(3,5)6/h5-9,12,14,20H,10-11H2,1-4H3;3-6,9-10,12,18,21H,7-8H2,1-2H3;1-2H3. The van der Waals surface area contributed by atoms with Gasteiger partial charge in [-0.3, -0.25) is 0 Å². The predicted molar refractivity (Wildman–Crippen MR) is 240 cm³/mol. The monoisotopic (exact) mass is 968 g/mol. The van der Waals surface area contributed by atoms with E-state index in [4.69, 9.17) is 20.2 Å². The van der Waals surface area contributed by atoms with Crippen LogP contribution in [0.25, 0.3) is 22.1 Å². The van der Waals surface area contributed by atoms with Crippen molar-refractivity contribution >= 4 is 75.2 Å². The van der Waals surface area contributed by atoms with E-state index in [1.54, 1.807) is 79.3 Å². The zero-order valence-electron chi connectivity index (χ0n) is 36.6. The molecule has 2 aliphatic rings. The first-order chi connectivity index (χ1) is 30.5. The summed E-state index contributed by atoms with van der Waals surface area (Å²) in [5, 5.41) is 3.19. The van der Waals surface area contributed by atoms with E-state index < -0.39 is 32.7 Å². The molecular formula is C40H49ClF4N12O6S2. The van der Waals surface area contributed by atoms with E-state index in [0.717, 1.165) is 54.9 Å². The highest BCUT2D eigenvalue weighted by atomic mass is 35.7. The molecule has 25 heteroatoms. The van der Waals surface area contributed by atoms with Crippen molar-refractivity contribution < 1.29 is 43.9 Å². The van der Waals surface area contributed by atoms with Crippen LogP contribution < -0.4 is 24.6 Å². The van der Waals surface area contributed by atoms with Crippen LogP contribution in [0.4, 0.5) is 40.6 Å². The number of hydrogen-bond donors (Lipinski definition) is 1. The van der Waals surface area contributed by atoms with Crippen LogP contribution in [0, 0.1) is 0 Å². The number of ether oxygens (including phenoxy) is 2. The molecule has 1 N–H and O–H groups in total. The van der Waals surface area contributed by atoms with E-state index in [9.17, 15) is 34.4 Å². The second-order valence-corrected chi connectivity index (χ2v) is 20.4. The SMILES string of the molecule is CN(C)S(=O)(=O)Cl.CN(c1cc2c(cn1)ncn2C)c1ccc(C2CN(S(=O)(=O)N(C)C)C2)cc1OC(F)F.CN(c1cc2c(cn1)ncn2C)c1ccc(C2CNC2)cc1OC(F)F. The van der Waals surface area contributed by atoms with Gasteiger partial charge in [-0.15, -0.1) is 0 Å². The molecule has 18 nitrogen and oxygen atoms in total. The summed E-state index contributed by atoms with van der Waals surface area (Å²) in [7, 11) is 10.8. The zero-order valence-corrected chi connectivity index (χ0v) is 39.0. The largest absolute Gasteiger partial charge is 0.433 e. The summed E-state index contributed by atoms with van der Waals surface area (Å²) in [4.78, 5) is 20.7. The lowest BCUT2D eigenvalue weighted by molar-refractivity contribution is -0.0502. The molecule has 6 heterocycles. The molecule has 0 spiro atoms. The maximum absolute atomic E-state index is 13.2. The molecule has 8 rings (SSSR count). The molecule has 2 fully saturated rings. The predicted octanol–water partition coefficient (Wildman–Crippen LogP) is 5.60. The molecule has 0 saturated carbocycles. The molecule has 2 saturated heterocycles. The number of halogens is 5. The minimum atomic E-state index is -3.49. The molecule has 0 radical (unpaired) electrons. The maximum Gasteiger partial charge on any atom is 0.387 e. The third kappa shape index (κ3) is 11.4. The van der Waals surface area contributed by atoms with E-state index in [-0.39, 0.29) is 30.5 Å². The van der Waals surface area contributed by atoms with Gasteiger partial charge in [-0.1, -0.05) is 12.1 Å². The minimum absolute atomic E-state index is 0.000759. The van der Waals surface area contributed by atoms with E-state index in [1.807, 2.05) is 41.4 Å². The van der Waals surface area contributed by atoms with E-state index in [1.165, 1.54) is 32.5 Å². The van der Waals surface area contributed by atoms with Crippen molar-refractivity contribution in [2.45, 2.75) is 25.1 Å². The molecule has 0 amide bonds. The molecule has 65 heavy (non-hydrogen) atoms. The Bertz CT molecular complexity index is 2840. The number of rotatable bonds is 13. The number of alkyl halides is 4. The molecule has 6 aromatic rings. The number of nitrogens with one attached hydrogen (secondary N) is 1. The molecule has 0 aliphatic carbocycles. The summed E-state index contributed by atoms with van der Waals surface area (Å²) in [5.74, 6) is 1.55. The molecule has 4 aromatic heterocycles. The van der Waals surface area contributed by atoms with Gasteiger partial charge in [0.25, 0.3) is 19.4 Å². The zero-order chi connectivity index (χ0) is 47.5. The average molecular weight is 969 g/mol. The number of aryl methyl sites for hydroxylation is 2. The van der Waals surface area contributed by atoms with Gasteiger partial charge in [-0.25, -0.2) is 19.9 Å². The van der Waals surface area contributed by atoms with E-state index in [2.05, 4.69) is 25.3 Å². The highest BCUT2D eigenvalue weighted by Gasteiger charge is 2.38. The Morgan fingerprint density at radius 2 is 1.08 bits per heavy atom. The van der Waals surface area contributed by atoms with Crippen molar-refractivity contribution in [1.29, 1.82) is 0 Å². The van der Waals surface area contributed by atoms with Crippen LogP contribution in [-0.2, 0) is 33.5 Å². The second-order valence-electron chi connectivity index (χ2n) is 15.5. The summed E-state index contributed by atoms with van der Waals surface area (Å²) in [5.41, 5.74) is 5.95. The van der Waals surface area contributed by atoms with Crippen LogP contribution in [0.3, 0.4) is 0 Å². The first kappa shape index (κ1) is 49.1. The Labute approximate surface area is 378 Å². The Hall–Kier alpha value is -5.37. The van der Waals surface area contributed by atoms with Gasteiger partial charge in [0.05, 0.1) is 47.5 Å². The number of anilines is 4. The Morgan fingerprint density at radius 3 is 1.43 bits per heavy atom. The summed E-state index contributed by atoms with van der Waals surface area (Å²) < 4.78 is 113. The lowest BCUT2D eigenvalue weighted by Gasteiger charge is -2.39. The molecule has 2 aromatic carbocycles. The number of fused-ring (bicyclic) bond motifs is 2. The van der Waals surface area contributed by atoms with Gasteiger partial charge in [0.2, 0.25) is 0 Å². The van der Waals surface area contributed by atoms with Gasteiger partial charge in [-0.2, -0.15) is 47.3 Å². The average Bonchev–Trinajstić information content (AvgIpc) is 3.76. The lowest BCUT2D eigenvalue weighted by Crippen LogP contribution is -2.52. The second kappa shape index (κ2) is 20.0. The Kier molecular flexibility index (Phi) is 15.1. The third-order valence-electron chi connectivity index (χ3n) is 10.8. The van der Waals surface area contributed by atoms with Gasteiger partial charge in [0, 0.05) is 117 Å². The third-order valence-corrected chi connectivity index (χ3v) is 14.4. The molecule has 0 unspecified atom stereocenters. The number of benzene rings is 2. The minimum Gasteiger partial charge on any atom is -0.433 e. The summed E-state index contributed by atoms with van der Waals surface area (Å²) in [6.07, 6.45) is 6.68. The fourth-order valence-electron chi connectivity index (χ4n) is 6.75. The van der Waals surface area contributed by atoms with Crippen molar-refractivity contribution in [3.63, 3.8) is 0 Å². The van der Waals surface area contributed by atoms with Gasteiger partial charge in [0.15, 0.2) is 0 Å². The number of pyridine rings is 2. The van der Waals surface area contributed by atoms with Gasteiger partial charge >= 0.3 is 13.2 Å². The number of aromatic nitrogens is 6. The summed E-state index contributed by atoms with van der Waals surface area (Å²) in [6.45, 7) is -3.63. The first-order valence-corrected chi connectivity index (χ1v) is 23.4. The molecule has 352 valence electrons. The first-order valence-electron chi connectivity index (χ1n) is 19.7. The van der Waals surface area contributed by atoms with Crippen molar-refractivity contribution in [3.8, 4) is 11.5 Å². The highest BCUT2D eigenvalue weighted by Crippen LogP contribution is 2.40. The van der Waals surface area contributed by atoms with Gasteiger partial charge in [-0.05, 0) is 35.4 Å². The van der Waals surface area contributed by atoms with Gasteiger partial charge in [0.1, 0.15) is 34.2 Å². The van der Waals surface area contributed by atoms with Gasteiger partial charge < -0.3 is 33.7 Å². The Morgan fingerprint density at radius 1 is 0.662 bits per heavy atom. The number of hydrogen-bond acceptors (Lipinski definition) is 13. The van der Waals surface area contributed by atoms with Crippen molar-refractivity contribution in [2.75, 3.05) is 78.3 Å². The normalized spacial score (nSPS) is 14.8. The highest BCUT2D eigenvalue weighted by molar-refractivity contribution is 8.11. The van der Waals surface area contributed by atoms with Crippen LogP contribution in [0.2, 0.25) is 0 Å². The number of nitrogens with zero attached hydrogens (tertiary/aromatic N) is 11. The van der Waals surface area contributed by atoms with Crippen LogP contribution in [-0.4, -0.2) is 141 Å². The number of imidazole rings is 2. The smallest absolute Gasteiger partial charge is 0.387 e. The fourth-order valence-corrected chi connectivity index (χ4v) is 7.95.